The quantitative estimate of drug-likeness (QED) is 0.374. The summed E-state index contributed by atoms with van der Waals surface area (Å²) >= 11 is 2.38. The second-order valence-electron chi connectivity index (χ2n) is 6.30. The number of ether oxygens (including phenoxy) is 4. The number of aromatic nitrogens is 2. The Morgan fingerprint density at radius 1 is 1.06 bits per heavy atom. The van der Waals surface area contributed by atoms with Crippen molar-refractivity contribution in [2.45, 2.75) is 4.34 Å². The van der Waals surface area contributed by atoms with Crippen LogP contribution in [0.1, 0.15) is 10.4 Å². The summed E-state index contributed by atoms with van der Waals surface area (Å²) in [5.74, 6) is 1.76. The van der Waals surface area contributed by atoms with E-state index in [1.165, 1.54) is 30.2 Å². The summed E-state index contributed by atoms with van der Waals surface area (Å²) in [5.41, 5.74) is 0.944. The average Bonchev–Trinajstić information content (AvgIpc) is 3.46. The summed E-state index contributed by atoms with van der Waals surface area (Å²) in [6.45, 7) is 0.135. The van der Waals surface area contributed by atoms with E-state index in [9.17, 15) is 9.59 Å². The van der Waals surface area contributed by atoms with Gasteiger partial charge < -0.3 is 24.3 Å². The third kappa shape index (κ3) is 5.03. The van der Waals surface area contributed by atoms with Gasteiger partial charge in [0.05, 0.1) is 25.7 Å². The minimum absolute atomic E-state index is 0.111. The van der Waals surface area contributed by atoms with Gasteiger partial charge in [0.1, 0.15) is 11.5 Å². The summed E-state index contributed by atoms with van der Waals surface area (Å²) in [6.07, 6.45) is 0. The summed E-state index contributed by atoms with van der Waals surface area (Å²) in [7, 11) is 3.07. The van der Waals surface area contributed by atoms with E-state index in [4.69, 9.17) is 18.9 Å². The van der Waals surface area contributed by atoms with E-state index >= 15 is 0 Å². The molecule has 32 heavy (non-hydrogen) atoms. The summed E-state index contributed by atoms with van der Waals surface area (Å²) in [5, 5.41) is 13.8. The van der Waals surface area contributed by atoms with Gasteiger partial charge in [0.15, 0.2) is 15.8 Å². The molecule has 2 heterocycles. The Balaban J connectivity index is 1.30. The van der Waals surface area contributed by atoms with Crippen LogP contribution < -0.4 is 29.6 Å². The molecule has 0 saturated carbocycles. The first kappa shape index (κ1) is 21.7. The zero-order valence-electron chi connectivity index (χ0n) is 17.0. The van der Waals surface area contributed by atoms with Gasteiger partial charge >= 0.3 is 0 Å². The van der Waals surface area contributed by atoms with Gasteiger partial charge in [0, 0.05) is 11.6 Å². The molecule has 0 bridgehead atoms. The lowest BCUT2D eigenvalue weighted by atomic mass is 10.2. The number of anilines is 2. The fraction of sp³-hybridized carbons (Fsp3) is 0.200. The largest absolute Gasteiger partial charge is 0.497 e. The second kappa shape index (κ2) is 9.75. The molecular weight excluding hydrogens is 456 g/mol. The van der Waals surface area contributed by atoms with Crippen LogP contribution in [-0.2, 0) is 4.79 Å². The number of rotatable bonds is 8. The van der Waals surface area contributed by atoms with E-state index in [2.05, 4.69) is 20.8 Å². The number of fused-ring (bicyclic) bond motifs is 1. The van der Waals surface area contributed by atoms with E-state index in [1.807, 2.05) is 0 Å². The van der Waals surface area contributed by atoms with Gasteiger partial charge in [-0.25, -0.2) is 0 Å². The lowest BCUT2D eigenvalue weighted by Gasteiger charge is -2.11. The Morgan fingerprint density at radius 3 is 2.72 bits per heavy atom. The van der Waals surface area contributed by atoms with Crippen LogP contribution in [-0.4, -0.2) is 48.8 Å². The number of nitrogens with zero attached hydrogens (tertiary/aromatic N) is 2. The standard InChI is InChI=1S/C20H18N4O6S2/c1-27-12-4-5-13(15(8-12)28-2)21-17(25)9-31-20-24-23-19(32-20)22-18(26)11-3-6-14-16(7-11)30-10-29-14/h3-8H,9-10H2,1-2H3,(H,21,25)(H,22,23,26). The van der Waals surface area contributed by atoms with Crippen LogP contribution in [0.5, 0.6) is 23.0 Å². The minimum atomic E-state index is -0.347. The number of carbonyl (C=O) groups excluding carboxylic acids is 2. The van der Waals surface area contributed by atoms with E-state index in [-0.39, 0.29) is 24.4 Å². The molecule has 1 aliphatic rings. The highest BCUT2D eigenvalue weighted by Crippen LogP contribution is 2.33. The third-order valence-corrected chi connectivity index (χ3v) is 6.24. The van der Waals surface area contributed by atoms with Crippen molar-refractivity contribution in [2.75, 3.05) is 37.4 Å². The van der Waals surface area contributed by atoms with E-state index in [0.717, 1.165) is 0 Å². The van der Waals surface area contributed by atoms with Crippen molar-refractivity contribution in [3.63, 3.8) is 0 Å². The average molecular weight is 475 g/mol. The van der Waals surface area contributed by atoms with Gasteiger partial charge in [-0.1, -0.05) is 23.1 Å². The smallest absolute Gasteiger partial charge is 0.257 e. The van der Waals surface area contributed by atoms with Crippen molar-refractivity contribution in [3.8, 4) is 23.0 Å². The van der Waals surface area contributed by atoms with Gasteiger partial charge in [0.2, 0.25) is 17.8 Å². The second-order valence-corrected chi connectivity index (χ2v) is 8.50. The van der Waals surface area contributed by atoms with Crippen molar-refractivity contribution < 1.29 is 28.5 Å². The van der Waals surface area contributed by atoms with Crippen LogP contribution >= 0.6 is 23.1 Å². The first-order chi connectivity index (χ1) is 15.6. The third-order valence-electron chi connectivity index (χ3n) is 4.27. The van der Waals surface area contributed by atoms with E-state index < -0.39 is 0 Å². The fourth-order valence-electron chi connectivity index (χ4n) is 2.74. The van der Waals surface area contributed by atoms with Gasteiger partial charge in [-0.3, -0.25) is 14.9 Å². The van der Waals surface area contributed by atoms with E-state index in [0.29, 0.717) is 43.7 Å². The maximum atomic E-state index is 12.4. The summed E-state index contributed by atoms with van der Waals surface area (Å²) < 4.78 is 21.5. The maximum Gasteiger partial charge on any atom is 0.257 e. The molecule has 0 fully saturated rings. The van der Waals surface area contributed by atoms with Crippen LogP contribution in [0.4, 0.5) is 10.8 Å². The molecule has 1 aliphatic heterocycles. The molecular formula is C20H18N4O6S2. The van der Waals surface area contributed by atoms with Crippen molar-refractivity contribution in [1.29, 1.82) is 0 Å². The molecule has 3 aromatic rings. The minimum Gasteiger partial charge on any atom is -0.497 e. The Hall–Kier alpha value is -3.51. The Kier molecular flexibility index (Phi) is 6.61. The first-order valence-electron chi connectivity index (χ1n) is 9.25. The highest BCUT2D eigenvalue weighted by molar-refractivity contribution is 8.01. The van der Waals surface area contributed by atoms with Gasteiger partial charge in [-0.2, -0.15) is 0 Å². The molecule has 0 atom stereocenters. The number of hydrogen-bond donors (Lipinski definition) is 2. The van der Waals surface area contributed by atoms with Crippen molar-refractivity contribution >= 4 is 45.7 Å². The van der Waals surface area contributed by atoms with Crippen LogP contribution in [0.2, 0.25) is 0 Å². The van der Waals surface area contributed by atoms with Crippen LogP contribution in [0.3, 0.4) is 0 Å². The molecule has 2 N–H and O–H groups in total. The molecule has 0 spiro atoms. The van der Waals surface area contributed by atoms with Crippen molar-refractivity contribution in [3.05, 3.63) is 42.0 Å². The summed E-state index contributed by atoms with van der Waals surface area (Å²) in [6, 6.07) is 10.0. The Bertz CT molecular complexity index is 1150. The predicted molar refractivity (Wildman–Crippen MR) is 119 cm³/mol. The number of nitrogens with one attached hydrogen (secondary N) is 2. The molecule has 0 radical (unpaired) electrons. The number of benzene rings is 2. The lowest BCUT2D eigenvalue weighted by molar-refractivity contribution is -0.113. The SMILES string of the molecule is COc1ccc(NC(=O)CSc2nnc(NC(=O)c3ccc4c(c3)OCO4)s2)c(OC)c1. The van der Waals surface area contributed by atoms with E-state index in [1.54, 1.807) is 43.5 Å². The molecule has 12 heteroatoms. The predicted octanol–water partition coefficient (Wildman–Crippen LogP) is 3.27. The van der Waals surface area contributed by atoms with Crippen LogP contribution in [0, 0.1) is 0 Å². The molecule has 4 rings (SSSR count). The molecule has 1 aromatic heterocycles. The van der Waals surface area contributed by atoms with Crippen LogP contribution in [0.15, 0.2) is 40.7 Å². The number of hydrogen-bond acceptors (Lipinski definition) is 10. The normalized spacial score (nSPS) is 11.7. The molecule has 166 valence electrons. The van der Waals surface area contributed by atoms with Gasteiger partial charge in [0.25, 0.3) is 5.91 Å². The molecule has 0 unspecified atom stereocenters. The van der Waals surface area contributed by atoms with Crippen LogP contribution in [0.25, 0.3) is 0 Å². The summed E-state index contributed by atoms with van der Waals surface area (Å²) in [4.78, 5) is 24.8. The molecule has 2 aromatic carbocycles. The number of amides is 2. The maximum absolute atomic E-state index is 12.4. The Labute approximate surface area is 191 Å². The lowest BCUT2D eigenvalue weighted by Crippen LogP contribution is -2.14. The van der Waals surface area contributed by atoms with Crippen molar-refractivity contribution in [1.82, 2.24) is 10.2 Å². The fourth-order valence-corrected chi connectivity index (χ4v) is 4.29. The van der Waals surface area contributed by atoms with Crippen molar-refractivity contribution in [2.24, 2.45) is 0 Å². The monoisotopic (exact) mass is 474 g/mol. The molecule has 0 saturated heterocycles. The van der Waals surface area contributed by atoms with Gasteiger partial charge in [-0.15, -0.1) is 10.2 Å². The zero-order valence-corrected chi connectivity index (χ0v) is 18.7. The molecule has 0 aliphatic carbocycles. The first-order valence-corrected chi connectivity index (χ1v) is 11.0. The molecule has 2 amide bonds. The number of methoxy groups -OCH3 is 2. The molecule has 10 nitrogen and oxygen atoms in total. The zero-order chi connectivity index (χ0) is 22.5. The topological polar surface area (TPSA) is 121 Å². The Morgan fingerprint density at radius 2 is 1.91 bits per heavy atom. The number of carbonyl (C=O) groups is 2. The number of thioether (sulfide) groups is 1. The highest BCUT2D eigenvalue weighted by atomic mass is 32.2. The van der Waals surface area contributed by atoms with Gasteiger partial charge in [-0.05, 0) is 30.3 Å². The highest BCUT2D eigenvalue weighted by Gasteiger charge is 2.18.